The van der Waals surface area contributed by atoms with Gasteiger partial charge in [0.05, 0.1) is 17.8 Å². The SMILES string of the molecule is CC(=O)n1cc(CN2CCC[C@@H](CC(=O)c3ccc4c(c3)C(c3ccnc(C)c3)=NC4)C2)c2ccccc21. The third kappa shape index (κ3) is 4.72. The molecular formula is C32H32N4O2. The number of rotatable bonds is 6. The summed E-state index contributed by atoms with van der Waals surface area (Å²) in [5.74, 6) is 0.544. The number of benzene rings is 2. The second-order valence-corrected chi connectivity index (χ2v) is 10.7. The zero-order chi connectivity index (χ0) is 26.2. The van der Waals surface area contributed by atoms with Gasteiger partial charge in [-0.15, -0.1) is 0 Å². The maximum absolute atomic E-state index is 13.4. The Labute approximate surface area is 223 Å². The molecule has 4 aromatic rings. The van der Waals surface area contributed by atoms with Gasteiger partial charge in [0, 0.05) is 66.6 Å². The molecule has 1 atom stereocenters. The smallest absolute Gasteiger partial charge is 0.227 e. The van der Waals surface area contributed by atoms with E-state index in [2.05, 4.69) is 22.0 Å². The van der Waals surface area contributed by atoms with E-state index in [1.54, 1.807) is 11.5 Å². The summed E-state index contributed by atoms with van der Waals surface area (Å²) in [5, 5.41) is 1.13. The van der Waals surface area contributed by atoms with Crippen LogP contribution in [-0.4, -0.2) is 44.9 Å². The van der Waals surface area contributed by atoms with Crippen LogP contribution in [0.1, 0.15) is 69.3 Å². The Morgan fingerprint density at radius 2 is 1.95 bits per heavy atom. The van der Waals surface area contributed by atoms with Gasteiger partial charge >= 0.3 is 0 Å². The largest absolute Gasteiger partial charge is 0.299 e. The molecule has 0 unspecified atom stereocenters. The number of piperidine rings is 1. The molecule has 0 bridgehead atoms. The van der Waals surface area contributed by atoms with E-state index in [9.17, 15) is 9.59 Å². The Bertz CT molecular complexity index is 1580. The fourth-order valence-electron chi connectivity index (χ4n) is 6.02. The van der Waals surface area contributed by atoms with Crippen LogP contribution >= 0.6 is 0 Å². The predicted molar refractivity (Wildman–Crippen MR) is 150 cm³/mol. The normalized spacial score (nSPS) is 17.4. The van der Waals surface area contributed by atoms with E-state index in [0.29, 0.717) is 18.9 Å². The van der Waals surface area contributed by atoms with Crippen molar-refractivity contribution in [2.24, 2.45) is 10.9 Å². The quantitative estimate of drug-likeness (QED) is 0.309. The highest BCUT2D eigenvalue weighted by molar-refractivity contribution is 6.16. The molecule has 1 fully saturated rings. The van der Waals surface area contributed by atoms with Crippen molar-refractivity contribution in [2.75, 3.05) is 13.1 Å². The van der Waals surface area contributed by atoms with Crippen LogP contribution in [0.4, 0.5) is 0 Å². The Balaban J connectivity index is 1.16. The molecule has 0 N–H and O–H groups in total. The Hall–Kier alpha value is -3.90. The van der Waals surface area contributed by atoms with E-state index in [-0.39, 0.29) is 11.7 Å². The summed E-state index contributed by atoms with van der Waals surface area (Å²) in [4.78, 5) is 37.1. The number of aryl methyl sites for hydroxylation is 1. The number of nitrogens with zero attached hydrogens (tertiary/aromatic N) is 4. The van der Waals surface area contributed by atoms with Gasteiger partial charge in [0.25, 0.3) is 0 Å². The minimum atomic E-state index is 0.0242. The molecule has 0 saturated carbocycles. The van der Waals surface area contributed by atoms with E-state index < -0.39 is 0 Å². The Morgan fingerprint density at radius 1 is 1.08 bits per heavy atom. The predicted octanol–water partition coefficient (Wildman–Crippen LogP) is 5.84. The van der Waals surface area contributed by atoms with Crippen molar-refractivity contribution in [3.8, 4) is 0 Å². The van der Waals surface area contributed by atoms with Crippen molar-refractivity contribution in [2.45, 2.75) is 46.2 Å². The van der Waals surface area contributed by atoms with Crippen LogP contribution in [0.15, 0.2) is 72.0 Å². The highest BCUT2D eigenvalue weighted by Crippen LogP contribution is 2.29. The Kier molecular flexibility index (Phi) is 6.50. The molecule has 2 aliphatic heterocycles. The lowest BCUT2D eigenvalue weighted by Crippen LogP contribution is -2.35. The van der Waals surface area contributed by atoms with Gasteiger partial charge in [-0.25, -0.2) is 0 Å². The number of pyridine rings is 1. The Morgan fingerprint density at radius 3 is 2.79 bits per heavy atom. The third-order valence-electron chi connectivity index (χ3n) is 7.87. The average Bonchev–Trinajstić information content (AvgIpc) is 3.50. The standard InChI is InChI=1S/C32H32N4O2/c1-21-14-25(11-12-33-21)32-29-16-24(9-10-26(29)17-34-32)31(38)15-23-6-5-13-35(18-23)19-27-20-36(22(2)37)30-8-4-3-7-28(27)30/h3-4,7-12,14,16,20,23H,5-6,13,15,17-19H2,1-2H3/t23-/m0/s1. The molecule has 1 saturated heterocycles. The number of fused-ring (bicyclic) bond motifs is 2. The number of ketones is 1. The first kappa shape index (κ1) is 24.4. The average molecular weight is 505 g/mol. The second kappa shape index (κ2) is 10.1. The van der Waals surface area contributed by atoms with Crippen molar-refractivity contribution in [3.63, 3.8) is 0 Å². The molecular weight excluding hydrogens is 472 g/mol. The molecule has 38 heavy (non-hydrogen) atoms. The summed E-state index contributed by atoms with van der Waals surface area (Å²) in [6, 6.07) is 18.2. The summed E-state index contributed by atoms with van der Waals surface area (Å²) in [5.41, 5.74) is 8.08. The number of carbonyl (C=O) groups is 2. The molecule has 2 aliphatic rings. The number of aliphatic imine (C=N–C) groups is 1. The van der Waals surface area contributed by atoms with Gasteiger partial charge in [-0.1, -0.05) is 30.3 Å². The zero-order valence-corrected chi connectivity index (χ0v) is 22.0. The monoisotopic (exact) mass is 504 g/mol. The summed E-state index contributed by atoms with van der Waals surface area (Å²) in [6.45, 7) is 6.92. The first-order chi connectivity index (χ1) is 18.5. The van der Waals surface area contributed by atoms with Gasteiger partial charge in [-0.2, -0.15) is 0 Å². The van der Waals surface area contributed by atoms with E-state index in [0.717, 1.165) is 71.5 Å². The molecule has 0 aliphatic carbocycles. The number of likely N-dealkylation sites (tertiary alicyclic amines) is 1. The topological polar surface area (TPSA) is 67.6 Å². The van der Waals surface area contributed by atoms with Crippen LogP contribution in [0.25, 0.3) is 10.9 Å². The van der Waals surface area contributed by atoms with Crippen LogP contribution in [0.2, 0.25) is 0 Å². The van der Waals surface area contributed by atoms with Gasteiger partial charge in [-0.05, 0) is 67.6 Å². The van der Waals surface area contributed by atoms with Crippen molar-refractivity contribution in [1.29, 1.82) is 0 Å². The van der Waals surface area contributed by atoms with E-state index in [1.165, 1.54) is 11.1 Å². The molecule has 0 radical (unpaired) electrons. The molecule has 0 spiro atoms. The van der Waals surface area contributed by atoms with Crippen LogP contribution in [0, 0.1) is 12.8 Å². The molecule has 0 amide bonds. The lowest BCUT2D eigenvalue weighted by atomic mass is 9.89. The molecule has 4 heterocycles. The van der Waals surface area contributed by atoms with E-state index >= 15 is 0 Å². The number of hydrogen-bond donors (Lipinski definition) is 0. The summed E-state index contributed by atoms with van der Waals surface area (Å²) in [7, 11) is 0. The van der Waals surface area contributed by atoms with Crippen molar-refractivity contribution in [3.05, 3.63) is 101 Å². The van der Waals surface area contributed by atoms with Crippen LogP contribution in [0.5, 0.6) is 0 Å². The summed E-state index contributed by atoms with van der Waals surface area (Å²) in [6.07, 6.45) is 6.48. The number of carbonyl (C=O) groups excluding carboxylic acids is 2. The highest BCUT2D eigenvalue weighted by Gasteiger charge is 2.25. The maximum Gasteiger partial charge on any atom is 0.227 e. The lowest BCUT2D eigenvalue weighted by molar-refractivity contribution is 0.0908. The summed E-state index contributed by atoms with van der Waals surface area (Å²) < 4.78 is 1.74. The van der Waals surface area contributed by atoms with Gasteiger partial charge in [0.2, 0.25) is 5.91 Å². The third-order valence-corrected chi connectivity index (χ3v) is 7.87. The van der Waals surface area contributed by atoms with Crippen molar-refractivity contribution < 1.29 is 9.59 Å². The van der Waals surface area contributed by atoms with E-state index in [1.807, 2.05) is 61.8 Å². The van der Waals surface area contributed by atoms with Crippen LogP contribution < -0.4 is 0 Å². The summed E-state index contributed by atoms with van der Waals surface area (Å²) >= 11 is 0. The molecule has 2 aromatic heterocycles. The van der Waals surface area contributed by atoms with Gasteiger partial charge < -0.3 is 0 Å². The molecule has 6 nitrogen and oxygen atoms in total. The maximum atomic E-state index is 13.4. The van der Waals surface area contributed by atoms with Gasteiger partial charge in [-0.3, -0.25) is 29.0 Å². The number of para-hydroxylation sites is 1. The molecule has 192 valence electrons. The van der Waals surface area contributed by atoms with Gasteiger partial charge in [0.1, 0.15) is 0 Å². The van der Waals surface area contributed by atoms with Crippen LogP contribution in [0.3, 0.4) is 0 Å². The fraction of sp³-hybridized carbons (Fsp3) is 0.312. The number of aromatic nitrogens is 2. The number of hydrogen-bond acceptors (Lipinski definition) is 5. The van der Waals surface area contributed by atoms with Crippen LogP contribution in [-0.2, 0) is 13.1 Å². The zero-order valence-electron chi connectivity index (χ0n) is 22.0. The first-order valence-electron chi connectivity index (χ1n) is 13.4. The molecule has 6 rings (SSSR count). The minimum absolute atomic E-state index is 0.0242. The minimum Gasteiger partial charge on any atom is -0.299 e. The lowest BCUT2D eigenvalue weighted by Gasteiger charge is -2.32. The molecule has 2 aromatic carbocycles. The first-order valence-corrected chi connectivity index (χ1v) is 13.4. The van der Waals surface area contributed by atoms with E-state index in [4.69, 9.17) is 4.99 Å². The van der Waals surface area contributed by atoms with Crippen molar-refractivity contribution in [1.82, 2.24) is 14.5 Å². The number of Topliss-reactive ketones (excluding diaryl/α,β-unsaturated/α-hetero) is 1. The van der Waals surface area contributed by atoms with Gasteiger partial charge in [0.15, 0.2) is 5.78 Å². The fourth-order valence-corrected chi connectivity index (χ4v) is 6.02. The molecule has 6 heteroatoms. The van der Waals surface area contributed by atoms with Crippen molar-refractivity contribution >= 4 is 28.3 Å². The highest BCUT2D eigenvalue weighted by atomic mass is 16.1. The second-order valence-electron chi connectivity index (χ2n) is 10.7.